The van der Waals surface area contributed by atoms with Gasteiger partial charge in [0.15, 0.2) is 0 Å². The molecule has 1 aliphatic heterocycles. The number of carbonyl (C=O) groups is 1. The van der Waals surface area contributed by atoms with Crippen molar-refractivity contribution in [1.29, 1.82) is 0 Å². The minimum Gasteiger partial charge on any atom is -0.386 e. The number of nitrogens with one attached hydrogen (secondary N) is 1. The molecular weight excluding hydrogens is 621 g/mol. The molecule has 236 valence electrons. The van der Waals surface area contributed by atoms with Crippen LogP contribution < -0.4 is 9.62 Å². The lowest BCUT2D eigenvalue weighted by molar-refractivity contribution is -0.376. The summed E-state index contributed by atoms with van der Waals surface area (Å²) < 4.78 is 123. The number of aryl methyl sites for hydroxylation is 1. The monoisotopic (exact) mass is 646 g/mol. The first kappa shape index (κ1) is 31.7. The van der Waals surface area contributed by atoms with Crippen molar-refractivity contribution < 1.29 is 54.2 Å². The van der Waals surface area contributed by atoms with E-state index >= 15 is 0 Å². The van der Waals surface area contributed by atoms with Gasteiger partial charge in [-0.1, -0.05) is 36.4 Å². The summed E-state index contributed by atoms with van der Waals surface area (Å²) in [6.07, 6.45) is -13.9. The van der Waals surface area contributed by atoms with Crippen LogP contribution in [0.25, 0.3) is 0 Å². The molecule has 15 heteroatoms. The fourth-order valence-corrected chi connectivity index (χ4v) is 7.48. The third-order valence-electron chi connectivity index (χ3n) is 7.97. The maximum absolute atomic E-state index is 13.8. The Morgan fingerprint density at radius 2 is 1.57 bits per heavy atom. The molecule has 3 unspecified atom stereocenters. The van der Waals surface area contributed by atoms with E-state index in [1.54, 1.807) is 24.3 Å². The number of nitrogens with zero attached hydrogens (tertiary/aromatic N) is 1. The van der Waals surface area contributed by atoms with Crippen LogP contribution >= 0.6 is 0 Å². The Kier molecular flexibility index (Phi) is 7.96. The molecule has 3 aromatic carbocycles. The maximum Gasteiger partial charge on any atom is 0.430 e. The van der Waals surface area contributed by atoms with Crippen LogP contribution in [0.2, 0.25) is 0 Å². The highest BCUT2D eigenvalue weighted by atomic mass is 32.2. The zero-order valence-corrected chi connectivity index (χ0v) is 23.3. The van der Waals surface area contributed by atoms with E-state index in [-0.39, 0.29) is 24.1 Å². The minimum absolute atomic E-state index is 0.200. The van der Waals surface area contributed by atoms with Crippen molar-refractivity contribution in [3.05, 3.63) is 94.8 Å². The normalized spacial score (nSPS) is 20.7. The predicted octanol–water partition coefficient (Wildman–Crippen LogP) is 4.81. The molecule has 1 aliphatic carbocycles. The van der Waals surface area contributed by atoms with Crippen molar-refractivity contribution in [2.75, 3.05) is 4.31 Å². The van der Waals surface area contributed by atoms with Crippen LogP contribution in [0.15, 0.2) is 71.6 Å². The Bertz CT molecular complexity index is 1660. The maximum atomic E-state index is 13.8. The number of sulfonamides is 1. The van der Waals surface area contributed by atoms with Crippen LogP contribution in [0.3, 0.4) is 0 Å². The van der Waals surface area contributed by atoms with Crippen molar-refractivity contribution in [2.45, 2.75) is 66.7 Å². The molecule has 0 bridgehead atoms. The summed E-state index contributed by atoms with van der Waals surface area (Å²) in [5.41, 5.74) is -5.90. The summed E-state index contributed by atoms with van der Waals surface area (Å²) in [6, 6.07) is 10.2. The molecule has 2 aliphatic rings. The second kappa shape index (κ2) is 11.0. The number of hydrogen-bond donors (Lipinski definition) is 3. The molecule has 7 nitrogen and oxygen atoms in total. The first-order chi connectivity index (χ1) is 20.4. The van der Waals surface area contributed by atoms with Gasteiger partial charge in [0, 0.05) is 12.0 Å². The molecule has 0 radical (unpaired) electrons. The summed E-state index contributed by atoms with van der Waals surface area (Å²) in [5.74, 6) is -1.42. The average Bonchev–Trinajstić information content (AvgIpc) is 3.25. The molecular formula is C29H25F7N2O5S. The molecule has 5 rings (SSSR count). The summed E-state index contributed by atoms with van der Waals surface area (Å²) in [6.45, 7) is 0. The van der Waals surface area contributed by atoms with Gasteiger partial charge in [0.2, 0.25) is 5.91 Å². The highest BCUT2D eigenvalue weighted by Gasteiger charge is 2.71. The Morgan fingerprint density at radius 1 is 0.932 bits per heavy atom. The van der Waals surface area contributed by atoms with E-state index in [0.717, 1.165) is 40.2 Å². The highest BCUT2D eigenvalue weighted by Crippen LogP contribution is 2.51. The number of aliphatic hydroxyl groups excluding tert-OH is 1. The Morgan fingerprint density at radius 3 is 2.18 bits per heavy atom. The van der Waals surface area contributed by atoms with Crippen LogP contribution in [-0.4, -0.2) is 49.0 Å². The molecule has 44 heavy (non-hydrogen) atoms. The fraction of sp³-hybridized carbons (Fsp3) is 0.345. The van der Waals surface area contributed by atoms with Gasteiger partial charge in [-0.25, -0.2) is 12.8 Å². The molecule has 0 aromatic heterocycles. The minimum atomic E-state index is -6.15. The number of amides is 1. The van der Waals surface area contributed by atoms with E-state index in [2.05, 4.69) is 5.32 Å². The van der Waals surface area contributed by atoms with Crippen molar-refractivity contribution in [1.82, 2.24) is 5.32 Å². The lowest BCUT2D eigenvalue weighted by Gasteiger charge is -2.39. The number of aliphatic hydroxyl groups is 2. The molecule has 3 aromatic rings. The summed E-state index contributed by atoms with van der Waals surface area (Å²) in [5, 5.41) is 23.2. The molecule has 0 saturated heterocycles. The van der Waals surface area contributed by atoms with E-state index < -0.39 is 74.8 Å². The molecule has 1 heterocycles. The van der Waals surface area contributed by atoms with Crippen molar-refractivity contribution in [3.8, 4) is 0 Å². The Labute approximate surface area is 247 Å². The third-order valence-corrected chi connectivity index (χ3v) is 9.85. The highest BCUT2D eigenvalue weighted by molar-refractivity contribution is 7.92. The Balaban J connectivity index is 1.51. The van der Waals surface area contributed by atoms with Gasteiger partial charge >= 0.3 is 12.4 Å². The number of alkyl halides is 6. The van der Waals surface area contributed by atoms with Crippen molar-refractivity contribution >= 4 is 21.6 Å². The van der Waals surface area contributed by atoms with Crippen molar-refractivity contribution in [2.24, 2.45) is 0 Å². The van der Waals surface area contributed by atoms with Crippen LogP contribution in [-0.2, 0) is 33.3 Å². The number of fused-ring (bicyclic) bond motifs is 2. The Hall–Kier alpha value is -3.69. The van der Waals surface area contributed by atoms with E-state index in [0.29, 0.717) is 24.1 Å². The quantitative estimate of drug-likeness (QED) is 0.334. The molecule has 0 saturated carbocycles. The van der Waals surface area contributed by atoms with Crippen molar-refractivity contribution in [3.63, 3.8) is 0 Å². The first-order valence-electron chi connectivity index (χ1n) is 13.3. The number of rotatable bonds is 6. The molecule has 1 amide bonds. The van der Waals surface area contributed by atoms with Gasteiger partial charge in [0.1, 0.15) is 5.82 Å². The second-order valence-electron chi connectivity index (χ2n) is 10.7. The number of benzene rings is 3. The van der Waals surface area contributed by atoms with E-state index in [1.165, 1.54) is 0 Å². The lowest BCUT2D eigenvalue weighted by atomic mass is 9.87. The topological polar surface area (TPSA) is 107 Å². The molecule has 0 spiro atoms. The predicted molar refractivity (Wildman–Crippen MR) is 142 cm³/mol. The van der Waals surface area contributed by atoms with E-state index in [1.807, 2.05) is 0 Å². The van der Waals surface area contributed by atoms with Gasteiger partial charge in [-0.05, 0) is 66.3 Å². The number of carbonyl (C=O) groups excluding carboxylic acids is 1. The smallest absolute Gasteiger partial charge is 0.386 e. The number of anilines is 1. The molecule has 3 N–H and O–H groups in total. The van der Waals surface area contributed by atoms with Gasteiger partial charge in [-0.15, -0.1) is 0 Å². The first-order valence-corrected chi connectivity index (χ1v) is 14.7. The average molecular weight is 647 g/mol. The largest absolute Gasteiger partial charge is 0.430 e. The third kappa shape index (κ3) is 5.41. The van der Waals surface area contributed by atoms with Gasteiger partial charge in [0.05, 0.1) is 28.8 Å². The SMILES string of the molecule is O=C(CC1CCc2cc(C(O)(C(F)(F)F)C(F)(F)F)ccc2N1S(=O)(=O)c1ccc(F)cc1)NC1Cc2ccccc2C1O. The van der Waals surface area contributed by atoms with E-state index in [4.69, 9.17) is 0 Å². The van der Waals surface area contributed by atoms with E-state index in [9.17, 15) is 54.2 Å². The van der Waals surface area contributed by atoms with Gasteiger partial charge in [-0.3, -0.25) is 9.10 Å². The van der Waals surface area contributed by atoms with Crippen LogP contribution in [0, 0.1) is 5.82 Å². The zero-order valence-electron chi connectivity index (χ0n) is 22.5. The fourth-order valence-electron chi connectivity index (χ4n) is 5.76. The zero-order chi connectivity index (χ0) is 32.2. The summed E-state index contributed by atoms with van der Waals surface area (Å²) in [7, 11) is -4.64. The van der Waals surface area contributed by atoms with Gasteiger partial charge < -0.3 is 15.5 Å². The number of hydrogen-bond acceptors (Lipinski definition) is 5. The molecule has 0 fully saturated rings. The van der Waals surface area contributed by atoms with Gasteiger partial charge in [-0.2, -0.15) is 26.3 Å². The molecule has 3 atom stereocenters. The van der Waals surface area contributed by atoms with Crippen LogP contribution in [0.5, 0.6) is 0 Å². The standard InChI is InChI=1S/C29H25F7N2O5S/c30-19-7-10-21(11-8-19)44(42,43)38-20(15-25(39)37-23-14-16-3-1-2-4-22(16)26(23)40)9-5-17-13-18(6-12-24(17)38)27(41,28(31,32)33)29(34,35)36/h1-4,6-8,10-13,20,23,26,40-41H,5,9,14-15H2,(H,37,39). The lowest BCUT2D eigenvalue weighted by Crippen LogP contribution is -2.54. The van der Waals surface area contributed by atoms with Gasteiger partial charge in [0.25, 0.3) is 15.6 Å². The number of halogens is 7. The second-order valence-corrected chi connectivity index (χ2v) is 12.5. The van der Waals surface area contributed by atoms with Crippen LogP contribution in [0.4, 0.5) is 36.4 Å². The summed E-state index contributed by atoms with van der Waals surface area (Å²) >= 11 is 0. The summed E-state index contributed by atoms with van der Waals surface area (Å²) in [4.78, 5) is 12.7. The van der Waals surface area contributed by atoms with Crippen LogP contribution in [0.1, 0.15) is 41.2 Å².